The highest BCUT2D eigenvalue weighted by Crippen LogP contribution is 2.12. The molecule has 1 aliphatic heterocycles. The summed E-state index contributed by atoms with van der Waals surface area (Å²) in [4.78, 5) is 19.6. The summed E-state index contributed by atoms with van der Waals surface area (Å²) in [6.07, 6.45) is 7.81. The Morgan fingerprint density at radius 2 is 2.24 bits per heavy atom. The zero-order valence-corrected chi connectivity index (χ0v) is 12.5. The molecule has 0 saturated carbocycles. The number of nitriles is 1. The van der Waals surface area contributed by atoms with E-state index in [4.69, 9.17) is 5.26 Å². The van der Waals surface area contributed by atoms with Gasteiger partial charge in [0.2, 0.25) is 5.91 Å². The van der Waals surface area contributed by atoms with Crippen molar-refractivity contribution in [2.75, 3.05) is 31.6 Å². The van der Waals surface area contributed by atoms with Crippen LogP contribution >= 0.6 is 0 Å². The Kier molecular flexibility index (Phi) is 6.77. The van der Waals surface area contributed by atoms with Crippen molar-refractivity contribution >= 4 is 11.7 Å². The number of carbonyl (C=O) groups excluding carboxylic acids is 1. The summed E-state index contributed by atoms with van der Waals surface area (Å²) in [5.41, 5.74) is 0.557. The van der Waals surface area contributed by atoms with Crippen LogP contribution in [0.25, 0.3) is 0 Å². The molecule has 1 aliphatic rings. The van der Waals surface area contributed by atoms with Gasteiger partial charge < -0.3 is 9.80 Å². The third-order valence-corrected chi connectivity index (χ3v) is 3.14. The molecule has 1 saturated heterocycles. The number of amides is 1. The van der Waals surface area contributed by atoms with Crippen LogP contribution in [0.15, 0.2) is 18.3 Å². The molecule has 5 nitrogen and oxygen atoms in total. The summed E-state index contributed by atoms with van der Waals surface area (Å²) in [7, 11) is 1.94. The maximum absolute atomic E-state index is 11.5. The third kappa shape index (κ3) is 5.16. The number of hydrogen-bond acceptors (Lipinski definition) is 4. The summed E-state index contributed by atoms with van der Waals surface area (Å²) >= 11 is 0. The number of carbonyl (C=O) groups is 1. The van der Waals surface area contributed by atoms with Crippen molar-refractivity contribution in [2.24, 2.45) is 0 Å². The summed E-state index contributed by atoms with van der Waals surface area (Å²) in [5, 5.41) is 8.70. The van der Waals surface area contributed by atoms with Crippen LogP contribution in [0.5, 0.6) is 0 Å². The first-order valence-corrected chi connectivity index (χ1v) is 6.84. The molecular weight excluding hydrogens is 264 g/mol. The van der Waals surface area contributed by atoms with E-state index in [9.17, 15) is 4.79 Å². The number of nitrogens with zero attached hydrogens (tertiary/aromatic N) is 4. The maximum Gasteiger partial charge on any atom is 0.222 e. The molecule has 110 valence electrons. The number of terminal acetylenes is 1. The highest BCUT2D eigenvalue weighted by Gasteiger charge is 2.19. The Labute approximate surface area is 126 Å². The summed E-state index contributed by atoms with van der Waals surface area (Å²) < 4.78 is 0. The topological polar surface area (TPSA) is 60.2 Å². The molecule has 0 atom stereocenters. The number of rotatable bonds is 4. The lowest BCUT2D eigenvalue weighted by atomic mass is 10.3. The monoisotopic (exact) mass is 284 g/mol. The molecule has 21 heavy (non-hydrogen) atoms. The first kappa shape index (κ1) is 16.5. The molecule has 1 aromatic heterocycles. The molecule has 0 unspecified atom stereocenters. The minimum Gasteiger partial charge on any atom is -0.358 e. The van der Waals surface area contributed by atoms with Crippen molar-refractivity contribution in [3.8, 4) is 18.4 Å². The predicted octanol–water partition coefficient (Wildman–Crippen LogP) is 1.65. The van der Waals surface area contributed by atoms with Gasteiger partial charge in [-0.3, -0.25) is 4.79 Å². The van der Waals surface area contributed by atoms with Crippen LogP contribution in [0.3, 0.4) is 0 Å². The van der Waals surface area contributed by atoms with Crippen LogP contribution in [0, 0.1) is 23.7 Å². The summed E-state index contributed by atoms with van der Waals surface area (Å²) in [6, 6.07) is 5.62. The molecular formula is C16H20N4O. The van der Waals surface area contributed by atoms with E-state index in [2.05, 4.69) is 17.3 Å². The van der Waals surface area contributed by atoms with E-state index in [-0.39, 0.29) is 5.91 Å². The van der Waals surface area contributed by atoms with Gasteiger partial charge in [-0.15, -0.1) is 12.3 Å². The van der Waals surface area contributed by atoms with Crippen LogP contribution in [0.1, 0.15) is 25.3 Å². The van der Waals surface area contributed by atoms with E-state index in [1.807, 2.05) is 29.0 Å². The van der Waals surface area contributed by atoms with Crippen LogP contribution in [0.2, 0.25) is 0 Å². The van der Waals surface area contributed by atoms with Gasteiger partial charge in [-0.25, -0.2) is 4.98 Å². The van der Waals surface area contributed by atoms with E-state index in [0.29, 0.717) is 12.0 Å². The molecule has 0 bridgehead atoms. The Bertz CT molecular complexity index is 539. The average molecular weight is 284 g/mol. The molecule has 0 aliphatic carbocycles. The van der Waals surface area contributed by atoms with E-state index in [1.54, 1.807) is 19.2 Å². The Morgan fingerprint density at radius 1 is 1.52 bits per heavy atom. The number of anilines is 1. The number of likely N-dealkylation sites (N-methyl/N-ethyl adjacent to an activating group) is 1. The zero-order valence-electron chi connectivity index (χ0n) is 12.5. The summed E-state index contributed by atoms with van der Waals surface area (Å²) in [5.74, 6) is 3.32. The van der Waals surface area contributed by atoms with E-state index >= 15 is 0 Å². The second-order valence-corrected chi connectivity index (χ2v) is 4.71. The van der Waals surface area contributed by atoms with Crippen molar-refractivity contribution in [3.63, 3.8) is 0 Å². The molecule has 0 radical (unpaired) electrons. The minimum atomic E-state index is 0.246. The molecule has 1 fully saturated rings. The highest BCUT2D eigenvalue weighted by atomic mass is 16.2. The molecule has 1 aromatic rings. The number of hydrogen-bond donors (Lipinski definition) is 0. The second kappa shape index (κ2) is 8.60. The lowest BCUT2D eigenvalue weighted by Gasteiger charge is -2.22. The molecule has 0 aromatic carbocycles. The van der Waals surface area contributed by atoms with Crippen molar-refractivity contribution in [1.82, 2.24) is 9.88 Å². The zero-order chi connectivity index (χ0) is 15.7. The SMILES string of the molecule is C#CC.CN(CCN1CCCC1=O)c1ccc(C#N)cn1. The van der Waals surface area contributed by atoms with Gasteiger partial charge in [-0.1, -0.05) is 0 Å². The van der Waals surface area contributed by atoms with Gasteiger partial charge in [0.05, 0.1) is 5.56 Å². The van der Waals surface area contributed by atoms with Crippen molar-refractivity contribution in [2.45, 2.75) is 19.8 Å². The van der Waals surface area contributed by atoms with Crippen molar-refractivity contribution < 1.29 is 4.79 Å². The number of likely N-dealkylation sites (tertiary alicyclic amines) is 1. The lowest BCUT2D eigenvalue weighted by molar-refractivity contribution is -0.127. The van der Waals surface area contributed by atoms with Gasteiger partial charge in [0.1, 0.15) is 11.9 Å². The second-order valence-electron chi connectivity index (χ2n) is 4.71. The van der Waals surface area contributed by atoms with Gasteiger partial charge >= 0.3 is 0 Å². The normalized spacial score (nSPS) is 13.0. The molecule has 2 heterocycles. The van der Waals surface area contributed by atoms with Crippen LogP contribution in [-0.4, -0.2) is 42.5 Å². The van der Waals surface area contributed by atoms with Crippen LogP contribution in [-0.2, 0) is 4.79 Å². The van der Waals surface area contributed by atoms with Crippen LogP contribution in [0.4, 0.5) is 5.82 Å². The largest absolute Gasteiger partial charge is 0.358 e. The summed E-state index contributed by atoms with van der Waals surface area (Å²) in [6.45, 7) is 4.01. The molecule has 2 rings (SSSR count). The highest BCUT2D eigenvalue weighted by molar-refractivity contribution is 5.78. The molecule has 1 amide bonds. The Hall–Kier alpha value is -2.53. The minimum absolute atomic E-state index is 0.246. The van der Waals surface area contributed by atoms with E-state index < -0.39 is 0 Å². The molecule has 0 N–H and O–H groups in total. The fourth-order valence-corrected chi connectivity index (χ4v) is 2.00. The third-order valence-electron chi connectivity index (χ3n) is 3.14. The standard InChI is InChI=1S/C13H16N4O.C3H4/c1-16(7-8-17-6-2-3-13(17)18)12-5-4-11(9-14)10-15-12;1-3-2/h4-5,10H,2-3,6-8H2,1H3;1H,2H3. The number of aromatic nitrogens is 1. The van der Waals surface area contributed by atoms with Crippen molar-refractivity contribution in [1.29, 1.82) is 5.26 Å². The smallest absolute Gasteiger partial charge is 0.222 e. The fraction of sp³-hybridized carbons (Fsp3) is 0.438. The van der Waals surface area contributed by atoms with E-state index in [1.165, 1.54) is 0 Å². The first-order chi connectivity index (χ1) is 10.1. The number of pyridine rings is 1. The quantitative estimate of drug-likeness (QED) is 0.789. The first-order valence-electron chi connectivity index (χ1n) is 6.84. The van der Waals surface area contributed by atoms with Crippen LogP contribution < -0.4 is 4.90 Å². The van der Waals surface area contributed by atoms with E-state index in [0.717, 1.165) is 31.9 Å². The predicted molar refractivity (Wildman–Crippen MR) is 82.5 cm³/mol. The van der Waals surface area contributed by atoms with Gasteiger partial charge in [0.25, 0.3) is 0 Å². The molecule has 0 spiro atoms. The fourth-order valence-electron chi connectivity index (χ4n) is 2.00. The Balaban J connectivity index is 0.000000677. The maximum atomic E-state index is 11.5. The van der Waals surface area contributed by atoms with Gasteiger partial charge in [0, 0.05) is 39.3 Å². The molecule has 5 heteroatoms. The van der Waals surface area contributed by atoms with Gasteiger partial charge in [-0.05, 0) is 25.5 Å². The van der Waals surface area contributed by atoms with Gasteiger partial charge in [0.15, 0.2) is 0 Å². The van der Waals surface area contributed by atoms with Gasteiger partial charge in [-0.2, -0.15) is 5.26 Å². The average Bonchev–Trinajstić information content (AvgIpc) is 2.91. The Morgan fingerprint density at radius 3 is 2.71 bits per heavy atom. The lowest BCUT2D eigenvalue weighted by Crippen LogP contribution is -2.34. The van der Waals surface area contributed by atoms with Crippen molar-refractivity contribution in [3.05, 3.63) is 23.9 Å².